The molecule has 7 heteroatoms. The number of anilines is 2. The Hall–Kier alpha value is -2.41. The van der Waals surface area contributed by atoms with E-state index < -0.39 is 0 Å². The lowest BCUT2D eigenvalue weighted by Crippen LogP contribution is -2.35. The second-order valence-electron chi connectivity index (χ2n) is 4.88. The van der Waals surface area contributed by atoms with Crippen LogP contribution in [0, 0.1) is 0 Å². The number of hydrogen-bond acceptors (Lipinski definition) is 7. The average molecular weight is 303 g/mol. The lowest BCUT2D eigenvalue weighted by atomic mass is 10.2. The third kappa shape index (κ3) is 3.82. The summed E-state index contributed by atoms with van der Waals surface area (Å²) in [6.07, 6.45) is 4.03. The first-order chi connectivity index (χ1) is 10.7. The SMILES string of the molecule is CCC(CO)N(C)c1nc(N)ncc1OCc1ccccn1. The highest BCUT2D eigenvalue weighted by Gasteiger charge is 2.19. The van der Waals surface area contributed by atoms with E-state index in [0.717, 1.165) is 12.1 Å². The lowest BCUT2D eigenvalue weighted by Gasteiger charge is -2.28. The highest BCUT2D eigenvalue weighted by atomic mass is 16.5. The second kappa shape index (κ2) is 7.56. The third-order valence-electron chi connectivity index (χ3n) is 3.42. The molecular weight excluding hydrogens is 282 g/mol. The minimum Gasteiger partial charge on any atom is -0.482 e. The molecule has 0 bridgehead atoms. The first-order valence-corrected chi connectivity index (χ1v) is 7.14. The maximum Gasteiger partial charge on any atom is 0.222 e. The molecule has 2 aromatic heterocycles. The van der Waals surface area contributed by atoms with E-state index >= 15 is 0 Å². The number of aliphatic hydroxyl groups is 1. The Labute approximate surface area is 129 Å². The monoisotopic (exact) mass is 303 g/mol. The van der Waals surface area contributed by atoms with Crippen LogP contribution in [-0.2, 0) is 6.61 Å². The van der Waals surface area contributed by atoms with Crippen LogP contribution in [0.5, 0.6) is 5.75 Å². The van der Waals surface area contributed by atoms with E-state index in [-0.39, 0.29) is 18.6 Å². The molecule has 0 amide bonds. The quantitative estimate of drug-likeness (QED) is 0.794. The highest BCUT2D eigenvalue weighted by Crippen LogP contribution is 2.27. The molecule has 0 spiro atoms. The molecule has 22 heavy (non-hydrogen) atoms. The van der Waals surface area contributed by atoms with Crippen molar-refractivity contribution < 1.29 is 9.84 Å². The van der Waals surface area contributed by atoms with Crippen LogP contribution in [0.2, 0.25) is 0 Å². The van der Waals surface area contributed by atoms with E-state index in [9.17, 15) is 5.11 Å². The molecular formula is C15H21N5O2. The zero-order valence-corrected chi connectivity index (χ0v) is 12.8. The third-order valence-corrected chi connectivity index (χ3v) is 3.42. The minimum atomic E-state index is -0.0634. The van der Waals surface area contributed by atoms with Crippen molar-refractivity contribution in [3.63, 3.8) is 0 Å². The predicted octanol–water partition coefficient (Wildman–Crippen LogP) is 1.24. The molecule has 0 aliphatic carbocycles. The molecule has 3 N–H and O–H groups in total. The summed E-state index contributed by atoms with van der Waals surface area (Å²) in [5, 5.41) is 9.46. The van der Waals surface area contributed by atoms with Crippen molar-refractivity contribution in [2.24, 2.45) is 0 Å². The van der Waals surface area contributed by atoms with Crippen LogP contribution in [0.4, 0.5) is 11.8 Å². The molecule has 1 atom stereocenters. The van der Waals surface area contributed by atoms with Gasteiger partial charge in [0.25, 0.3) is 0 Å². The largest absolute Gasteiger partial charge is 0.482 e. The van der Waals surface area contributed by atoms with Crippen molar-refractivity contribution in [1.29, 1.82) is 0 Å². The van der Waals surface area contributed by atoms with Gasteiger partial charge in [-0.3, -0.25) is 4.98 Å². The van der Waals surface area contributed by atoms with Gasteiger partial charge in [0, 0.05) is 13.2 Å². The van der Waals surface area contributed by atoms with E-state index in [4.69, 9.17) is 10.5 Å². The molecule has 0 radical (unpaired) electrons. The standard InChI is InChI=1S/C15H21N5O2/c1-3-12(9-21)20(2)14-13(8-18-15(16)19-14)22-10-11-6-4-5-7-17-11/h4-8,12,21H,3,9-10H2,1-2H3,(H2,16,18,19). The molecule has 0 saturated heterocycles. The molecule has 1 unspecified atom stereocenters. The van der Waals surface area contributed by atoms with Gasteiger partial charge in [0.15, 0.2) is 11.6 Å². The Balaban J connectivity index is 2.20. The molecule has 2 aromatic rings. The van der Waals surface area contributed by atoms with Gasteiger partial charge >= 0.3 is 0 Å². The smallest absolute Gasteiger partial charge is 0.222 e. The molecule has 0 fully saturated rings. The van der Waals surface area contributed by atoms with Gasteiger partial charge in [-0.2, -0.15) is 4.98 Å². The molecule has 0 aliphatic heterocycles. The van der Waals surface area contributed by atoms with Gasteiger partial charge in [-0.15, -0.1) is 0 Å². The highest BCUT2D eigenvalue weighted by molar-refractivity contribution is 5.53. The number of nitrogen functional groups attached to an aromatic ring is 1. The fourth-order valence-corrected chi connectivity index (χ4v) is 2.06. The fraction of sp³-hybridized carbons (Fsp3) is 0.400. The van der Waals surface area contributed by atoms with Crippen LogP contribution in [0.25, 0.3) is 0 Å². The summed E-state index contributed by atoms with van der Waals surface area (Å²) in [7, 11) is 1.85. The normalized spacial score (nSPS) is 12.0. The molecule has 118 valence electrons. The number of hydrogen-bond donors (Lipinski definition) is 2. The van der Waals surface area contributed by atoms with Gasteiger partial charge in [-0.05, 0) is 18.6 Å². The summed E-state index contributed by atoms with van der Waals surface area (Å²) < 4.78 is 5.77. The Morgan fingerprint density at radius 3 is 2.82 bits per heavy atom. The van der Waals surface area contributed by atoms with Crippen LogP contribution in [0.1, 0.15) is 19.0 Å². The van der Waals surface area contributed by atoms with E-state index in [0.29, 0.717) is 18.2 Å². The zero-order chi connectivity index (χ0) is 15.9. The summed E-state index contributed by atoms with van der Waals surface area (Å²) >= 11 is 0. The summed E-state index contributed by atoms with van der Waals surface area (Å²) in [6.45, 7) is 2.33. The Morgan fingerprint density at radius 2 is 2.18 bits per heavy atom. The van der Waals surface area contributed by atoms with Crippen molar-refractivity contribution in [2.75, 3.05) is 24.3 Å². The van der Waals surface area contributed by atoms with Crippen LogP contribution < -0.4 is 15.4 Å². The number of aliphatic hydroxyl groups excluding tert-OH is 1. The summed E-state index contributed by atoms with van der Waals surface area (Å²) in [6, 6.07) is 5.56. The van der Waals surface area contributed by atoms with Crippen LogP contribution in [0.15, 0.2) is 30.6 Å². The van der Waals surface area contributed by atoms with Crippen molar-refractivity contribution >= 4 is 11.8 Å². The minimum absolute atomic E-state index is 0.0244. The summed E-state index contributed by atoms with van der Waals surface area (Å²) in [4.78, 5) is 14.3. The van der Waals surface area contributed by atoms with E-state index in [1.54, 1.807) is 12.4 Å². The molecule has 0 saturated carbocycles. The summed E-state index contributed by atoms with van der Waals surface area (Å²) in [5.74, 6) is 1.23. The number of aromatic nitrogens is 3. The summed E-state index contributed by atoms with van der Waals surface area (Å²) in [5.41, 5.74) is 6.48. The molecule has 0 aromatic carbocycles. The van der Waals surface area contributed by atoms with Gasteiger partial charge in [0.2, 0.25) is 5.95 Å². The van der Waals surface area contributed by atoms with Crippen LogP contribution >= 0.6 is 0 Å². The fourth-order valence-electron chi connectivity index (χ4n) is 2.06. The lowest BCUT2D eigenvalue weighted by molar-refractivity contribution is 0.256. The number of ether oxygens (including phenoxy) is 1. The van der Waals surface area contributed by atoms with E-state index in [1.165, 1.54) is 0 Å². The van der Waals surface area contributed by atoms with Gasteiger partial charge in [-0.25, -0.2) is 4.98 Å². The predicted molar refractivity (Wildman–Crippen MR) is 84.6 cm³/mol. The van der Waals surface area contributed by atoms with Gasteiger partial charge in [-0.1, -0.05) is 13.0 Å². The molecule has 0 aliphatic rings. The van der Waals surface area contributed by atoms with Gasteiger partial charge < -0.3 is 20.5 Å². The second-order valence-corrected chi connectivity index (χ2v) is 4.88. The first-order valence-electron chi connectivity index (χ1n) is 7.14. The molecule has 7 nitrogen and oxygen atoms in total. The Bertz CT molecular complexity index is 590. The number of pyridine rings is 1. The van der Waals surface area contributed by atoms with Gasteiger partial charge in [0.05, 0.1) is 24.5 Å². The number of nitrogens with zero attached hydrogens (tertiary/aromatic N) is 4. The first kappa shape index (κ1) is 16.0. The van der Waals surface area contributed by atoms with Crippen LogP contribution in [-0.4, -0.2) is 39.8 Å². The van der Waals surface area contributed by atoms with Crippen LogP contribution in [0.3, 0.4) is 0 Å². The number of rotatable bonds is 7. The van der Waals surface area contributed by atoms with E-state index in [2.05, 4.69) is 15.0 Å². The Morgan fingerprint density at radius 1 is 1.36 bits per heavy atom. The number of likely N-dealkylation sites (N-methyl/N-ethyl adjacent to an activating group) is 1. The van der Waals surface area contributed by atoms with Crippen molar-refractivity contribution in [3.8, 4) is 5.75 Å². The van der Waals surface area contributed by atoms with Crippen molar-refractivity contribution in [3.05, 3.63) is 36.3 Å². The molecule has 2 rings (SSSR count). The average Bonchev–Trinajstić information content (AvgIpc) is 2.55. The zero-order valence-electron chi connectivity index (χ0n) is 12.8. The van der Waals surface area contributed by atoms with Crippen molar-refractivity contribution in [2.45, 2.75) is 26.0 Å². The Kier molecular flexibility index (Phi) is 5.48. The number of nitrogens with two attached hydrogens (primary N) is 1. The topological polar surface area (TPSA) is 97.4 Å². The maximum atomic E-state index is 9.46. The maximum absolute atomic E-state index is 9.46. The van der Waals surface area contributed by atoms with E-state index in [1.807, 2.05) is 37.1 Å². The molecule has 2 heterocycles. The van der Waals surface area contributed by atoms with Gasteiger partial charge in [0.1, 0.15) is 6.61 Å². The van der Waals surface area contributed by atoms with Crippen molar-refractivity contribution in [1.82, 2.24) is 15.0 Å².